The lowest BCUT2D eigenvalue weighted by molar-refractivity contribution is 0.101. The van der Waals surface area contributed by atoms with Gasteiger partial charge in [-0.3, -0.25) is 9.59 Å². The highest BCUT2D eigenvalue weighted by Crippen LogP contribution is 2.25. The summed E-state index contributed by atoms with van der Waals surface area (Å²) in [4.78, 5) is 23.2. The number of rotatable bonds is 3. The molecule has 0 bridgehead atoms. The Morgan fingerprint density at radius 3 is 2.75 bits per heavy atom. The van der Waals surface area contributed by atoms with Crippen LogP contribution in [0.3, 0.4) is 0 Å². The fraction of sp³-hybridized carbons (Fsp3) is 0.154. The lowest BCUT2D eigenvalue weighted by atomic mass is 10.2. The monoisotopic (exact) mass is 277 g/mol. The van der Waals surface area contributed by atoms with Crippen LogP contribution >= 0.6 is 0 Å². The maximum Gasteiger partial charge on any atom is 0.276 e. The number of benzene rings is 1. The van der Waals surface area contributed by atoms with E-state index in [2.05, 4.69) is 10.4 Å². The van der Waals surface area contributed by atoms with Crippen molar-refractivity contribution in [2.75, 3.05) is 12.4 Å². The summed E-state index contributed by atoms with van der Waals surface area (Å²) in [6, 6.07) is 6.29. The van der Waals surface area contributed by atoms with Gasteiger partial charge in [0.25, 0.3) is 11.5 Å². The number of ether oxygens (including phenoxy) is 1. The normalized spacial score (nSPS) is 10.2. The molecule has 0 fully saturated rings. The van der Waals surface area contributed by atoms with E-state index in [9.17, 15) is 14.0 Å². The second kappa shape index (κ2) is 5.52. The Kier molecular flexibility index (Phi) is 3.79. The van der Waals surface area contributed by atoms with Crippen molar-refractivity contribution in [2.45, 2.75) is 0 Å². The molecule has 6 nitrogen and oxygen atoms in total. The lowest BCUT2D eigenvalue weighted by Gasteiger charge is -2.10. The van der Waals surface area contributed by atoms with Crippen molar-refractivity contribution in [1.29, 1.82) is 0 Å². The van der Waals surface area contributed by atoms with E-state index in [-0.39, 0.29) is 17.0 Å². The molecule has 1 N–H and O–H groups in total. The van der Waals surface area contributed by atoms with Crippen LogP contribution in [0.5, 0.6) is 5.75 Å². The van der Waals surface area contributed by atoms with Gasteiger partial charge in [0, 0.05) is 19.2 Å². The third kappa shape index (κ3) is 2.82. The first-order valence-corrected chi connectivity index (χ1v) is 5.70. The number of halogens is 1. The highest BCUT2D eigenvalue weighted by Gasteiger charge is 2.12. The fourth-order valence-electron chi connectivity index (χ4n) is 1.58. The number of hydrogen-bond donors (Lipinski definition) is 1. The van der Waals surface area contributed by atoms with Crippen molar-refractivity contribution in [3.63, 3.8) is 0 Å². The molecule has 0 atom stereocenters. The van der Waals surface area contributed by atoms with E-state index in [1.54, 1.807) is 0 Å². The van der Waals surface area contributed by atoms with Crippen LogP contribution in [0.2, 0.25) is 0 Å². The summed E-state index contributed by atoms with van der Waals surface area (Å²) in [5.74, 6) is -0.797. The first kappa shape index (κ1) is 13.7. The van der Waals surface area contributed by atoms with Gasteiger partial charge in [-0.25, -0.2) is 9.07 Å². The first-order chi connectivity index (χ1) is 9.51. The third-order valence-electron chi connectivity index (χ3n) is 2.60. The van der Waals surface area contributed by atoms with E-state index >= 15 is 0 Å². The summed E-state index contributed by atoms with van der Waals surface area (Å²) in [6.07, 6.45) is 0. The second-order valence-corrected chi connectivity index (χ2v) is 3.98. The number of nitrogens with zero attached hydrogens (tertiary/aromatic N) is 2. The average Bonchev–Trinajstić information content (AvgIpc) is 2.43. The molecule has 0 saturated heterocycles. The predicted octanol–water partition coefficient (Wildman–Crippen LogP) is 1.18. The second-order valence-electron chi connectivity index (χ2n) is 3.98. The van der Waals surface area contributed by atoms with E-state index in [0.717, 1.165) is 10.7 Å². The van der Waals surface area contributed by atoms with E-state index in [0.29, 0.717) is 5.69 Å². The average molecular weight is 277 g/mol. The molecule has 1 aromatic heterocycles. The summed E-state index contributed by atoms with van der Waals surface area (Å²) in [5.41, 5.74) is 0.0638. The number of aryl methyl sites for hydroxylation is 1. The van der Waals surface area contributed by atoms with Crippen molar-refractivity contribution < 1.29 is 13.9 Å². The Bertz CT molecular complexity index is 712. The van der Waals surface area contributed by atoms with Gasteiger partial charge in [0.15, 0.2) is 0 Å². The van der Waals surface area contributed by atoms with Crippen molar-refractivity contribution in [1.82, 2.24) is 9.78 Å². The minimum atomic E-state index is -0.523. The van der Waals surface area contributed by atoms with Crippen LogP contribution in [0.4, 0.5) is 10.1 Å². The summed E-state index contributed by atoms with van der Waals surface area (Å²) < 4.78 is 19.1. The molecule has 0 unspecified atom stereocenters. The molecule has 0 saturated carbocycles. The highest BCUT2D eigenvalue weighted by molar-refractivity contribution is 6.03. The maximum absolute atomic E-state index is 13.0. The molecule has 7 heteroatoms. The van der Waals surface area contributed by atoms with Crippen molar-refractivity contribution in [3.8, 4) is 5.75 Å². The van der Waals surface area contributed by atoms with Crippen LogP contribution in [0.1, 0.15) is 10.5 Å². The quantitative estimate of drug-likeness (QED) is 0.914. The zero-order valence-electron chi connectivity index (χ0n) is 10.9. The fourth-order valence-corrected chi connectivity index (χ4v) is 1.58. The van der Waals surface area contributed by atoms with Gasteiger partial charge in [-0.05, 0) is 18.2 Å². The molecular weight excluding hydrogens is 265 g/mol. The molecule has 2 rings (SSSR count). The number of aromatic nitrogens is 2. The molecule has 2 aromatic rings. The summed E-state index contributed by atoms with van der Waals surface area (Å²) in [6.45, 7) is 0. The molecule has 0 radical (unpaired) electrons. The lowest BCUT2D eigenvalue weighted by Crippen LogP contribution is -2.23. The summed E-state index contributed by atoms with van der Waals surface area (Å²) in [7, 11) is 2.81. The molecule has 0 spiro atoms. The van der Waals surface area contributed by atoms with E-state index in [1.807, 2.05) is 0 Å². The molecule has 1 heterocycles. The molecule has 20 heavy (non-hydrogen) atoms. The number of amides is 1. The van der Waals surface area contributed by atoms with Crippen LogP contribution in [-0.2, 0) is 7.05 Å². The molecule has 1 amide bonds. The minimum Gasteiger partial charge on any atom is -0.494 e. The maximum atomic E-state index is 13.0. The SMILES string of the molecule is COc1cc(F)ccc1NC(=O)c1ccc(=O)n(C)n1. The van der Waals surface area contributed by atoms with Gasteiger partial charge in [0.2, 0.25) is 0 Å². The van der Waals surface area contributed by atoms with Gasteiger partial charge in [-0.15, -0.1) is 0 Å². The molecule has 1 aromatic carbocycles. The Labute approximate surface area is 113 Å². The Hall–Kier alpha value is -2.70. The van der Waals surface area contributed by atoms with Gasteiger partial charge in [-0.1, -0.05) is 0 Å². The molecule has 0 aliphatic heterocycles. The zero-order valence-corrected chi connectivity index (χ0v) is 10.9. The van der Waals surface area contributed by atoms with Crippen LogP contribution in [-0.4, -0.2) is 22.8 Å². The number of nitrogens with one attached hydrogen (secondary N) is 1. The van der Waals surface area contributed by atoms with Crippen molar-refractivity contribution in [2.24, 2.45) is 7.05 Å². The van der Waals surface area contributed by atoms with Crippen molar-refractivity contribution >= 4 is 11.6 Å². The third-order valence-corrected chi connectivity index (χ3v) is 2.60. The molecule has 0 aliphatic rings. The number of carbonyl (C=O) groups is 1. The van der Waals surface area contributed by atoms with Gasteiger partial charge in [0.05, 0.1) is 12.8 Å². The first-order valence-electron chi connectivity index (χ1n) is 5.70. The standard InChI is InChI=1S/C13H12FN3O3/c1-17-12(18)6-5-10(16-17)13(19)15-9-4-3-8(14)7-11(9)20-2/h3-7H,1-2H3,(H,15,19). The Morgan fingerprint density at radius 1 is 1.35 bits per heavy atom. The van der Waals surface area contributed by atoms with Crippen LogP contribution in [0.15, 0.2) is 35.1 Å². The molecule has 0 aliphatic carbocycles. The van der Waals surface area contributed by atoms with Gasteiger partial charge < -0.3 is 10.1 Å². The largest absolute Gasteiger partial charge is 0.494 e. The van der Waals surface area contributed by atoms with E-state index in [4.69, 9.17) is 4.74 Å². The van der Waals surface area contributed by atoms with Crippen LogP contribution < -0.4 is 15.6 Å². The van der Waals surface area contributed by atoms with E-state index in [1.165, 1.54) is 38.4 Å². The summed E-state index contributed by atoms with van der Waals surface area (Å²) >= 11 is 0. The smallest absolute Gasteiger partial charge is 0.276 e. The number of methoxy groups -OCH3 is 1. The van der Waals surface area contributed by atoms with Crippen LogP contribution in [0.25, 0.3) is 0 Å². The highest BCUT2D eigenvalue weighted by atomic mass is 19.1. The number of hydrogen-bond acceptors (Lipinski definition) is 4. The summed E-state index contributed by atoms with van der Waals surface area (Å²) in [5, 5.41) is 6.36. The topological polar surface area (TPSA) is 73.2 Å². The molecule has 104 valence electrons. The molecular formula is C13H12FN3O3. The van der Waals surface area contributed by atoms with Gasteiger partial charge >= 0.3 is 0 Å². The predicted molar refractivity (Wildman–Crippen MR) is 70.4 cm³/mol. The number of carbonyl (C=O) groups excluding carboxylic acids is 1. The van der Waals surface area contributed by atoms with Crippen molar-refractivity contribution in [3.05, 3.63) is 52.2 Å². The van der Waals surface area contributed by atoms with Gasteiger partial charge in [-0.2, -0.15) is 5.10 Å². The number of anilines is 1. The van der Waals surface area contributed by atoms with Gasteiger partial charge in [0.1, 0.15) is 17.3 Å². The van der Waals surface area contributed by atoms with Crippen LogP contribution in [0, 0.1) is 5.82 Å². The minimum absolute atomic E-state index is 0.0680. The Morgan fingerprint density at radius 2 is 2.10 bits per heavy atom. The Balaban J connectivity index is 2.27. The van der Waals surface area contributed by atoms with E-state index < -0.39 is 11.7 Å². The zero-order chi connectivity index (χ0) is 14.7.